The summed E-state index contributed by atoms with van der Waals surface area (Å²) in [5.41, 5.74) is 2.78. The molecule has 8 heteroatoms. The lowest BCUT2D eigenvalue weighted by Crippen LogP contribution is -2.43. The van der Waals surface area contributed by atoms with Crippen LogP contribution in [0.15, 0.2) is 33.9 Å². The van der Waals surface area contributed by atoms with Crippen LogP contribution in [-0.2, 0) is 14.8 Å². The summed E-state index contributed by atoms with van der Waals surface area (Å²) < 4.78 is 39.8. The van der Waals surface area contributed by atoms with Gasteiger partial charge in [0.15, 0.2) is 0 Å². The van der Waals surface area contributed by atoms with E-state index in [4.69, 9.17) is 9.47 Å². The Labute approximate surface area is 171 Å². The molecule has 0 spiro atoms. The summed E-state index contributed by atoms with van der Waals surface area (Å²) in [6.07, 6.45) is 0. The van der Waals surface area contributed by atoms with Gasteiger partial charge in [0.05, 0.1) is 24.7 Å². The molecule has 1 unspecified atom stereocenters. The molecule has 0 radical (unpaired) electrons. The molecule has 0 saturated carbocycles. The molecule has 0 amide bonds. The van der Waals surface area contributed by atoms with Crippen molar-refractivity contribution in [1.82, 2.24) is 9.62 Å². The molecule has 0 bridgehead atoms. The summed E-state index contributed by atoms with van der Waals surface area (Å²) >= 11 is 1.62. The number of aryl methyl sites for hydroxylation is 2. The number of nitrogens with zero attached hydrogens (tertiary/aromatic N) is 1. The first kappa shape index (κ1) is 21.3. The molecular weight excluding hydrogens is 396 g/mol. The molecule has 1 saturated heterocycles. The van der Waals surface area contributed by atoms with Crippen molar-refractivity contribution in [3.63, 3.8) is 0 Å². The molecular formula is C20H28N2O4S2. The average molecular weight is 425 g/mol. The number of sulfonamides is 1. The first-order chi connectivity index (χ1) is 13.4. The predicted molar refractivity (Wildman–Crippen MR) is 112 cm³/mol. The van der Waals surface area contributed by atoms with Gasteiger partial charge in [0.2, 0.25) is 10.0 Å². The molecule has 154 valence electrons. The van der Waals surface area contributed by atoms with Crippen LogP contribution in [0.25, 0.3) is 0 Å². The molecule has 1 N–H and O–H groups in total. The minimum atomic E-state index is -3.62. The van der Waals surface area contributed by atoms with E-state index >= 15 is 0 Å². The quantitative estimate of drug-likeness (QED) is 0.705. The van der Waals surface area contributed by atoms with Crippen molar-refractivity contribution in [1.29, 1.82) is 0 Å². The van der Waals surface area contributed by atoms with Crippen LogP contribution in [0.2, 0.25) is 0 Å². The Bertz CT molecular complexity index is 853. The fourth-order valence-electron chi connectivity index (χ4n) is 3.52. The number of ether oxygens (including phenoxy) is 2. The number of thiophene rings is 1. The lowest BCUT2D eigenvalue weighted by atomic mass is 10.1. The third-order valence-electron chi connectivity index (χ3n) is 4.91. The third kappa shape index (κ3) is 4.93. The van der Waals surface area contributed by atoms with Crippen LogP contribution in [0.4, 0.5) is 0 Å². The van der Waals surface area contributed by atoms with Gasteiger partial charge in [-0.3, -0.25) is 4.90 Å². The molecule has 28 heavy (non-hydrogen) atoms. The Balaban J connectivity index is 1.79. The minimum absolute atomic E-state index is 0.00480. The summed E-state index contributed by atoms with van der Waals surface area (Å²) in [4.78, 5) is 2.56. The van der Waals surface area contributed by atoms with Crippen molar-refractivity contribution in [2.45, 2.75) is 31.7 Å². The molecule has 1 fully saturated rings. The summed E-state index contributed by atoms with van der Waals surface area (Å²) in [6, 6.07) is 5.41. The van der Waals surface area contributed by atoms with Crippen LogP contribution in [0.3, 0.4) is 0 Å². The standard InChI is InChI=1S/C20H28N2O4S2/c1-4-26-20-15(2)11-18(12-16(20)3)28(23,24)21-13-19(17-5-10-27-14-17)22-6-8-25-9-7-22/h5,10-12,14,19,21H,4,6-9,13H2,1-3H3. The summed E-state index contributed by atoms with van der Waals surface area (Å²) in [5, 5.41) is 4.11. The van der Waals surface area contributed by atoms with Gasteiger partial charge in [-0.1, -0.05) is 0 Å². The van der Waals surface area contributed by atoms with E-state index in [1.807, 2.05) is 26.2 Å². The second kappa shape index (κ2) is 9.37. The summed E-state index contributed by atoms with van der Waals surface area (Å²) in [5.74, 6) is 0.755. The molecule has 1 aromatic heterocycles. The molecule has 1 aromatic carbocycles. The number of benzene rings is 1. The lowest BCUT2D eigenvalue weighted by Gasteiger charge is -2.34. The summed E-state index contributed by atoms with van der Waals surface area (Å²) in [6.45, 7) is 9.47. The van der Waals surface area contributed by atoms with Crippen molar-refractivity contribution < 1.29 is 17.9 Å². The third-order valence-corrected chi connectivity index (χ3v) is 7.02. The molecule has 1 atom stereocenters. The molecule has 3 rings (SSSR count). The Hall–Kier alpha value is -1.45. The van der Waals surface area contributed by atoms with Gasteiger partial charge in [-0.15, -0.1) is 0 Å². The molecule has 6 nitrogen and oxygen atoms in total. The van der Waals surface area contributed by atoms with Gasteiger partial charge in [-0.05, 0) is 66.4 Å². The van der Waals surface area contributed by atoms with Gasteiger partial charge < -0.3 is 9.47 Å². The van der Waals surface area contributed by atoms with Crippen LogP contribution in [0.5, 0.6) is 5.75 Å². The van der Waals surface area contributed by atoms with Gasteiger partial charge in [-0.25, -0.2) is 13.1 Å². The molecule has 0 aliphatic carbocycles. The highest BCUT2D eigenvalue weighted by Crippen LogP contribution is 2.28. The maximum atomic E-state index is 13.0. The van der Waals surface area contributed by atoms with Crippen LogP contribution in [-0.4, -0.2) is 52.8 Å². The maximum absolute atomic E-state index is 13.0. The van der Waals surface area contributed by atoms with Crippen LogP contribution < -0.4 is 9.46 Å². The van der Waals surface area contributed by atoms with E-state index in [1.54, 1.807) is 23.5 Å². The number of nitrogens with one attached hydrogen (secondary N) is 1. The topological polar surface area (TPSA) is 67.9 Å². The van der Waals surface area contributed by atoms with Crippen molar-refractivity contribution in [2.75, 3.05) is 39.5 Å². The van der Waals surface area contributed by atoms with Gasteiger partial charge in [0, 0.05) is 25.7 Å². The number of morpholine rings is 1. The van der Waals surface area contributed by atoms with Crippen molar-refractivity contribution >= 4 is 21.4 Å². The highest BCUT2D eigenvalue weighted by atomic mass is 32.2. The first-order valence-electron chi connectivity index (χ1n) is 9.50. The number of hydrogen-bond acceptors (Lipinski definition) is 6. The van der Waals surface area contributed by atoms with Gasteiger partial charge in [-0.2, -0.15) is 11.3 Å². The van der Waals surface area contributed by atoms with Crippen LogP contribution in [0.1, 0.15) is 29.7 Å². The Kier molecular flexibility index (Phi) is 7.11. The normalized spacial score (nSPS) is 16.8. The monoisotopic (exact) mass is 424 g/mol. The second-order valence-electron chi connectivity index (χ2n) is 6.89. The Morgan fingerprint density at radius 2 is 1.93 bits per heavy atom. The van der Waals surface area contributed by atoms with Crippen LogP contribution in [0, 0.1) is 13.8 Å². The zero-order valence-corrected chi connectivity index (χ0v) is 18.2. The summed E-state index contributed by atoms with van der Waals surface area (Å²) in [7, 11) is -3.62. The van der Waals surface area contributed by atoms with E-state index in [0.29, 0.717) is 26.4 Å². The van der Waals surface area contributed by atoms with Gasteiger partial charge in [0.1, 0.15) is 5.75 Å². The van der Waals surface area contributed by atoms with E-state index in [0.717, 1.165) is 35.5 Å². The molecule has 1 aliphatic rings. The molecule has 2 heterocycles. The van der Waals surface area contributed by atoms with E-state index in [9.17, 15) is 8.42 Å². The smallest absolute Gasteiger partial charge is 0.240 e. The average Bonchev–Trinajstić information content (AvgIpc) is 3.20. The Morgan fingerprint density at radius 1 is 1.25 bits per heavy atom. The molecule has 1 aliphatic heterocycles. The van der Waals surface area contributed by atoms with Gasteiger partial charge in [0.25, 0.3) is 0 Å². The zero-order valence-electron chi connectivity index (χ0n) is 16.6. The van der Waals surface area contributed by atoms with Crippen molar-refractivity contribution in [2.24, 2.45) is 0 Å². The minimum Gasteiger partial charge on any atom is -0.493 e. The fraction of sp³-hybridized carbons (Fsp3) is 0.500. The van der Waals surface area contributed by atoms with E-state index in [-0.39, 0.29) is 10.9 Å². The lowest BCUT2D eigenvalue weighted by molar-refractivity contribution is 0.0173. The van der Waals surface area contributed by atoms with E-state index in [1.165, 1.54) is 0 Å². The Morgan fingerprint density at radius 3 is 2.50 bits per heavy atom. The van der Waals surface area contributed by atoms with Crippen molar-refractivity contribution in [3.05, 3.63) is 45.6 Å². The zero-order chi connectivity index (χ0) is 20.1. The van der Waals surface area contributed by atoms with E-state index in [2.05, 4.69) is 21.1 Å². The highest BCUT2D eigenvalue weighted by Gasteiger charge is 2.26. The maximum Gasteiger partial charge on any atom is 0.240 e. The first-order valence-corrected chi connectivity index (χ1v) is 11.9. The predicted octanol–water partition coefficient (Wildman–Crippen LogP) is 3.12. The number of rotatable bonds is 8. The molecule has 2 aromatic rings. The largest absolute Gasteiger partial charge is 0.493 e. The SMILES string of the molecule is CCOc1c(C)cc(S(=O)(=O)NCC(c2ccsc2)N2CCOCC2)cc1C. The second-order valence-corrected chi connectivity index (χ2v) is 9.44. The fourth-order valence-corrected chi connectivity index (χ4v) is 5.44. The van der Waals surface area contributed by atoms with Gasteiger partial charge >= 0.3 is 0 Å². The number of hydrogen-bond donors (Lipinski definition) is 1. The van der Waals surface area contributed by atoms with Crippen LogP contribution >= 0.6 is 11.3 Å². The highest BCUT2D eigenvalue weighted by molar-refractivity contribution is 7.89. The van der Waals surface area contributed by atoms with E-state index < -0.39 is 10.0 Å². The van der Waals surface area contributed by atoms with Crippen molar-refractivity contribution in [3.8, 4) is 5.75 Å².